The number of carbonyl (C=O) groups is 2. The van der Waals surface area contributed by atoms with Crippen LogP contribution in [-0.2, 0) is 9.59 Å². The molecule has 0 amide bonds. The first-order chi connectivity index (χ1) is 13.2. The number of Topliss-reactive ketones (excluding diaryl/α,β-unsaturated/α-hetero) is 1. The fourth-order valence-electron chi connectivity index (χ4n) is 3.59. The van der Waals surface area contributed by atoms with E-state index in [0.29, 0.717) is 5.78 Å². The third kappa shape index (κ3) is 23.1. The topological polar surface area (TPSA) is 54.4 Å². The quantitative estimate of drug-likeness (QED) is 0.194. The summed E-state index contributed by atoms with van der Waals surface area (Å²) >= 11 is 0. The van der Waals surface area contributed by atoms with Crippen LogP contribution < -0.4 is 0 Å². The molecule has 0 radical (unpaired) electrons. The number of hydrogen-bond acceptors (Lipinski definition) is 2. The second-order valence-electron chi connectivity index (χ2n) is 8.19. The van der Waals surface area contributed by atoms with Gasteiger partial charge in [0.05, 0.1) is 0 Å². The Balaban J connectivity index is 3.15. The molecule has 0 saturated carbocycles. The van der Waals surface area contributed by atoms with Gasteiger partial charge >= 0.3 is 5.97 Å². The van der Waals surface area contributed by atoms with E-state index in [9.17, 15) is 9.59 Å². The molecule has 0 spiro atoms. The summed E-state index contributed by atoms with van der Waals surface area (Å²) in [6.07, 6.45) is 24.0. The standard InChI is InChI=1S/C24H46O3/c1-2-3-4-5-6-7-8-9-10-11-12-14-17-20-23(25)21-18-15-13-16-19-22-24(26)27/h2-22H2,1H3,(H,26,27). The van der Waals surface area contributed by atoms with Crippen LogP contribution in [0.3, 0.4) is 0 Å². The van der Waals surface area contributed by atoms with E-state index in [4.69, 9.17) is 5.11 Å². The lowest BCUT2D eigenvalue weighted by molar-refractivity contribution is -0.137. The zero-order chi connectivity index (χ0) is 20.0. The van der Waals surface area contributed by atoms with Crippen molar-refractivity contribution in [3.63, 3.8) is 0 Å². The number of unbranched alkanes of at least 4 members (excludes halogenated alkanes) is 16. The SMILES string of the molecule is CCCCCCCCCCCCCCCC(=O)CCCCCCCC(=O)O. The molecule has 0 aliphatic carbocycles. The van der Waals surface area contributed by atoms with Gasteiger partial charge < -0.3 is 5.11 Å². The first kappa shape index (κ1) is 26.1. The van der Waals surface area contributed by atoms with Crippen molar-refractivity contribution >= 4 is 11.8 Å². The number of ketones is 1. The minimum atomic E-state index is -0.706. The Bertz CT molecular complexity index is 339. The van der Waals surface area contributed by atoms with E-state index < -0.39 is 5.97 Å². The minimum Gasteiger partial charge on any atom is -0.481 e. The number of carboxylic acid groups (broad SMARTS) is 1. The van der Waals surface area contributed by atoms with E-state index in [1.54, 1.807) is 0 Å². The molecule has 0 aliphatic rings. The maximum atomic E-state index is 11.8. The monoisotopic (exact) mass is 382 g/mol. The third-order valence-electron chi connectivity index (χ3n) is 5.41. The molecule has 160 valence electrons. The highest BCUT2D eigenvalue weighted by atomic mass is 16.4. The first-order valence-electron chi connectivity index (χ1n) is 11.9. The predicted molar refractivity (Wildman–Crippen MR) is 115 cm³/mol. The number of carboxylic acids is 1. The molecule has 0 heterocycles. The second kappa shape index (κ2) is 21.4. The molecule has 0 fully saturated rings. The van der Waals surface area contributed by atoms with Crippen molar-refractivity contribution in [3.8, 4) is 0 Å². The molecular formula is C24H46O3. The first-order valence-corrected chi connectivity index (χ1v) is 11.9. The van der Waals surface area contributed by atoms with Gasteiger partial charge in [0, 0.05) is 19.3 Å². The lowest BCUT2D eigenvalue weighted by atomic mass is 10.0. The van der Waals surface area contributed by atoms with Crippen LogP contribution in [0.2, 0.25) is 0 Å². The van der Waals surface area contributed by atoms with Gasteiger partial charge in [-0.25, -0.2) is 0 Å². The van der Waals surface area contributed by atoms with Crippen LogP contribution in [0.25, 0.3) is 0 Å². The van der Waals surface area contributed by atoms with Crippen molar-refractivity contribution in [1.82, 2.24) is 0 Å². The fraction of sp³-hybridized carbons (Fsp3) is 0.917. The van der Waals surface area contributed by atoms with Crippen molar-refractivity contribution in [3.05, 3.63) is 0 Å². The summed E-state index contributed by atoms with van der Waals surface area (Å²) in [6.45, 7) is 2.27. The summed E-state index contributed by atoms with van der Waals surface area (Å²) in [5, 5.41) is 8.56. The highest BCUT2D eigenvalue weighted by Crippen LogP contribution is 2.14. The molecule has 0 unspecified atom stereocenters. The molecule has 0 aromatic heterocycles. The predicted octanol–water partition coefficient (Wildman–Crippen LogP) is 7.85. The Kier molecular flexibility index (Phi) is 20.8. The summed E-state index contributed by atoms with van der Waals surface area (Å²) < 4.78 is 0. The van der Waals surface area contributed by atoms with E-state index in [2.05, 4.69) is 6.92 Å². The Morgan fingerprint density at radius 2 is 0.778 bits per heavy atom. The third-order valence-corrected chi connectivity index (χ3v) is 5.41. The maximum absolute atomic E-state index is 11.8. The lowest BCUT2D eigenvalue weighted by Gasteiger charge is -2.04. The van der Waals surface area contributed by atoms with Gasteiger partial charge in [-0.1, -0.05) is 103 Å². The van der Waals surface area contributed by atoms with Crippen LogP contribution >= 0.6 is 0 Å². The molecule has 0 bridgehead atoms. The fourth-order valence-corrected chi connectivity index (χ4v) is 3.59. The second-order valence-corrected chi connectivity index (χ2v) is 8.19. The molecule has 0 aromatic carbocycles. The molecule has 1 N–H and O–H groups in total. The number of rotatable bonds is 22. The number of aliphatic carboxylic acids is 1. The van der Waals surface area contributed by atoms with Crippen molar-refractivity contribution < 1.29 is 14.7 Å². The summed E-state index contributed by atoms with van der Waals surface area (Å²) in [6, 6.07) is 0. The molecule has 0 aliphatic heterocycles. The van der Waals surface area contributed by atoms with E-state index in [0.717, 1.165) is 51.4 Å². The highest BCUT2D eigenvalue weighted by molar-refractivity contribution is 5.78. The van der Waals surface area contributed by atoms with Crippen molar-refractivity contribution in [1.29, 1.82) is 0 Å². The van der Waals surface area contributed by atoms with E-state index in [1.807, 2.05) is 0 Å². The van der Waals surface area contributed by atoms with Gasteiger partial charge in [-0.05, 0) is 19.3 Å². The molecular weight excluding hydrogens is 336 g/mol. The molecule has 0 rings (SSSR count). The largest absolute Gasteiger partial charge is 0.481 e. The van der Waals surface area contributed by atoms with Crippen molar-refractivity contribution in [2.45, 2.75) is 142 Å². The van der Waals surface area contributed by atoms with Gasteiger partial charge in [-0.3, -0.25) is 9.59 Å². The highest BCUT2D eigenvalue weighted by Gasteiger charge is 2.02. The van der Waals surface area contributed by atoms with E-state index in [-0.39, 0.29) is 6.42 Å². The maximum Gasteiger partial charge on any atom is 0.303 e. The molecule has 0 aromatic rings. The van der Waals surface area contributed by atoms with Crippen LogP contribution in [0.4, 0.5) is 0 Å². The minimum absolute atomic E-state index is 0.276. The molecule has 0 saturated heterocycles. The smallest absolute Gasteiger partial charge is 0.303 e. The van der Waals surface area contributed by atoms with Crippen molar-refractivity contribution in [2.75, 3.05) is 0 Å². The van der Waals surface area contributed by atoms with Crippen LogP contribution in [0.15, 0.2) is 0 Å². The normalized spacial score (nSPS) is 11.0. The van der Waals surface area contributed by atoms with Gasteiger partial charge in [0.25, 0.3) is 0 Å². The summed E-state index contributed by atoms with van der Waals surface area (Å²) in [5.41, 5.74) is 0. The van der Waals surface area contributed by atoms with Gasteiger partial charge in [0.2, 0.25) is 0 Å². The zero-order valence-electron chi connectivity index (χ0n) is 18.1. The van der Waals surface area contributed by atoms with Gasteiger partial charge in [0.15, 0.2) is 0 Å². The van der Waals surface area contributed by atoms with Gasteiger partial charge in [-0.2, -0.15) is 0 Å². The van der Waals surface area contributed by atoms with Gasteiger partial charge in [0.1, 0.15) is 5.78 Å². The van der Waals surface area contributed by atoms with E-state index in [1.165, 1.54) is 77.0 Å². The van der Waals surface area contributed by atoms with Gasteiger partial charge in [-0.15, -0.1) is 0 Å². The average Bonchev–Trinajstić information content (AvgIpc) is 2.64. The van der Waals surface area contributed by atoms with E-state index >= 15 is 0 Å². The summed E-state index contributed by atoms with van der Waals surface area (Å²) in [5.74, 6) is -0.286. The zero-order valence-corrected chi connectivity index (χ0v) is 18.1. The van der Waals surface area contributed by atoms with Crippen LogP contribution in [-0.4, -0.2) is 16.9 Å². The van der Waals surface area contributed by atoms with Crippen LogP contribution in [0, 0.1) is 0 Å². The molecule has 27 heavy (non-hydrogen) atoms. The summed E-state index contributed by atoms with van der Waals surface area (Å²) in [7, 11) is 0. The number of carbonyl (C=O) groups excluding carboxylic acids is 1. The molecule has 0 atom stereocenters. The summed E-state index contributed by atoms with van der Waals surface area (Å²) in [4.78, 5) is 22.2. The Morgan fingerprint density at radius 1 is 0.481 bits per heavy atom. The Morgan fingerprint density at radius 3 is 1.11 bits per heavy atom. The number of hydrogen-bond donors (Lipinski definition) is 1. The molecule has 3 nitrogen and oxygen atoms in total. The Hall–Kier alpha value is -0.860. The van der Waals surface area contributed by atoms with Crippen LogP contribution in [0.5, 0.6) is 0 Å². The van der Waals surface area contributed by atoms with Crippen LogP contribution in [0.1, 0.15) is 142 Å². The molecule has 3 heteroatoms. The van der Waals surface area contributed by atoms with Crippen molar-refractivity contribution in [2.24, 2.45) is 0 Å². The Labute approximate surface area is 168 Å². The average molecular weight is 383 g/mol. The lowest BCUT2D eigenvalue weighted by Crippen LogP contribution is -1.98.